The summed E-state index contributed by atoms with van der Waals surface area (Å²) >= 11 is 0. The Labute approximate surface area is 129 Å². The maximum atomic E-state index is 4.44. The van der Waals surface area contributed by atoms with Crippen molar-refractivity contribution in [3.8, 4) is 5.69 Å². The van der Waals surface area contributed by atoms with Crippen LogP contribution in [0.5, 0.6) is 0 Å². The lowest BCUT2D eigenvalue weighted by molar-refractivity contribution is 0.305. The molecule has 0 atom stereocenters. The summed E-state index contributed by atoms with van der Waals surface area (Å²) in [7, 11) is 3.89. The average molecular weight is 297 g/mol. The minimum Gasteiger partial charge on any atom is -0.295 e. The zero-order valence-corrected chi connectivity index (χ0v) is 13.0. The van der Waals surface area contributed by atoms with Crippen molar-refractivity contribution in [2.75, 3.05) is 7.05 Å². The van der Waals surface area contributed by atoms with Crippen LogP contribution in [-0.2, 0) is 20.1 Å². The Morgan fingerprint density at radius 3 is 2.82 bits per heavy atom. The summed E-state index contributed by atoms with van der Waals surface area (Å²) in [4.78, 5) is 2.16. The summed E-state index contributed by atoms with van der Waals surface area (Å²) in [6.45, 7) is 3.56. The molecule has 0 amide bonds. The summed E-state index contributed by atoms with van der Waals surface area (Å²) < 4.78 is 3.59. The van der Waals surface area contributed by atoms with Crippen LogP contribution in [0, 0.1) is 6.92 Å². The van der Waals surface area contributed by atoms with Crippen molar-refractivity contribution in [2.45, 2.75) is 20.0 Å². The van der Waals surface area contributed by atoms with Gasteiger partial charge >= 0.3 is 0 Å². The largest absolute Gasteiger partial charge is 0.295 e. The molecule has 3 rings (SSSR count). The normalized spacial score (nSPS) is 11.3. The number of aryl methyl sites for hydroxylation is 2. The second kappa shape index (κ2) is 6.07. The van der Waals surface area contributed by atoms with Gasteiger partial charge in [0.05, 0.1) is 18.4 Å². The van der Waals surface area contributed by atoms with Crippen LogP contribution in [0.25, 0.3) is 5.69 Å². The van der Waals surface area contributed by atoms with Gasteiger partial charge < -0.3 is 0 Å². The maximum absolute atomic E-state index is 4.44. The number of nitrogens with zero attached hydrogens (tertiary/aromatic N) is 7. The molecule has 0 saturated carbocycles. The van der Waals surface area contributed by atoms with Crippen LogP contribution in [0.2, 0.25) is 0 Å². The first kappa shape index (κ1) is 14.4. The fourth-order valence-electron chi connectivity index (χ4n) is 2.34. The minimum absolute atomic E-state index is 0.694. The van der Waals surface area contributed by atoms with Crippen LogP contribution in [0.3, 0.4) is 0 Å². The third-order valence-electron chi connectivity index (χ3n) is 3.47. The maximum Gasteiger partial charge on any atom is 0.164 e. The van der Waals surface area contributed by atoms with E-state index >= 15 is 0 Å². The first-order valence-corrected chi connectivity index (χ1v) is 7.12. The lowest BCUT2D eigenvalue weighted by Crippen LogP contribution is -2.19. The Hall–Kier alpha value is -2.54. The number of hydrogen-bond acceptors (Lipinski definition) is 5. The van der Waals surface area contributed by atoms with E-state index in [0.29, 0.717) is 6.54 Å². The molecule has 0 fully saturated rings. The van der Waals surface area contributed by atoms with Gasteiger partial charge in [0.1, 0.15) is 0 Å². The number of hydrogen-bond donors (Lipinski definition) is 0. The molecule has 0 N–H and O–H groups in total. The number of tetrazole rings is 1. The highest BCUT2D eigenvalue weighted by Gasteiger charge is 2.09. The Morgan fingerprint density at radius 2 is 2.09 bits per heavy atom. The molecule has 0 radical (unpaired) electrons. The zero-order valence-electron chi connectivity index (χ0n) is 13.0. The molecule has 114 valence electrons. The van der Waals surface area contributed by atoms with Crippen LogP contribution < -0.4 is 0 Å². The standard InChI is InChI=1S/C15H19N7/c1-12-5-4-6-14(7-12)22-10-13(8-16-22)9-20(2)11-15-17-18-19-21(15)3/h4-8,10H,9,11H2,1-3H3. The van der Waals surface area contributed by atoms with Crippen LogP contribution in [0.1, 0.15) is 17.0 Å². The molecule has 3 aromatic rings. The number of aromatic nitrogens is 6. The molecule has 7 nitrogen and oxygen atoms in total. The van der Waals surface area contributed by atoms with Crippen molar-refractivity contribution in [3.05, 3.63) is 53.6 Å². The van der Waals surface area contributed by atoms with Gasteiger partial charge in [0.15, 0.2) is 5.82 Å². The molecule has 0 spiro atoms. The number of benzene rings is 1. The lowest BCUT2D eigenvalue weighted by Gasteiger charge is -2.13. The molecular formula is C15H19N7. The van der Waals surface area contributed by atoms with E-state index in [1.807, 2.05) is 31.0 Å². The van der Waals surface area contributed by atoms with E-state index in [-0.39, 0.29) is 0 Å². The molecule has 1 aromatic carbocycles. The quantitative estimate of drug-likeness (QED) is 0.711. The van der Waals surface area contributed by atoms with Gasteiger partial charge in [-0.25, -0.2) is 9.36 Å². The predicted octanol–water partition coefficient (Wildman–Crippen LogP) is 1.34. The van der Waals surface area contributed by atoms with Crippen molar-refractivity contribution in [1.29, 1.82) is 0 Å². The number of rotatable bonds is 5. The van der Waals surface area contributed by atoms with E-state index in [1.165, 1.54) is 5.56 Å². The molecule has 0 unspecified atom stereocenters. The second-order valence-electron chi connectivity index (χ2n) is 5.52. The highest BCUT2D eigenvalue weighted by atomic mass is 15.5. The lowest BCUT2D eigenvalue weighted by atomic mass is 10.2. The Kier molecular flexibility index (Phi) is 3.97. The van der Waals surface area contributed by atoms with E-state index in [2.05, 4.69) is 56.8 Å². The summed E-state index contributed by atoms with van der Waals surface area (Å²) in [5.74, 6) is 0.841. The van der Waals surface area contributed by atoms with Crippen LogP contribution in [-0.4, -0.2) is 41.9 Å². The van der Waals surface area contributed by atoms with E-state index in [1.54, 1.807) is 4.68 Å². The van der Waals surface area contributed by atoms with Crippen molar-refractivity contribution in [2.24, 2.45) is 7.05 Å². The van der Waals surface area contributed by atoms with E-state index in [9.17, 15) is 0 Å². The van der Waals surface area contributed by atoms with Gasteiger partial charge in [0, 0.05) is 25.4 Å². The smallest absolute Gasteiger partial charge is 0.164 e. The molecule has 0 bridgehead atoms. The third-order valence-corrected chi connectivity index (χ3v) is 3.47. The Bertz CT molecular complexity index is 759. The van der Waals surface area contributed by atoms with Gasteiger partial charge in [-0.3, -0.25) is 4.90 Å². The molecule has 2 aromatic heterocycles. The van der Waals surface area contributed by atoms with Crippen molar-refractivity contribution in [1.82, 2.24) is 34.9 Å². The van der Waals surface area contributed by atoms with Gasteiger partial charge in [0.2, 0.25) is 0 Å². The molecule has 0 saturated heterocycles. The van der Waals surface area contributed by atoms with Gasteiger partial charge in [-0.2, -0.15) is 5.10 Å². The Morgan fingerprint density at radius 1 is 1.23 bits per heavy atom. The molecule has 0 aliphatic carbocycles. The van der Waals surface area contributed by atoms with E-state index in [4.69, 9.17) is 0 Å². The van der Waals surface area contributed by atoms with Crippen molar-refractivity contribution >= 4 is 0 Å². The molecule has 7 heteroatoms. The fraction of sp³-hybridized carbons (Fsp3) is 0.333. The minimum atomic E-state index is 0.694. The van der Waals surface area contributed by atoms with Crippen molar-refractivity contribution < 1.29 is 0 Å². The highest BCUT2D eigenvalue weighted by Crippen LogP contribution is 2.12. The summed E-state index contributed by atoms with van der Waals surface area (Å²) in [6, 6.07) is 8.29. The summed E-state index contributed by atoms with van der Waals surface area (Å²) in [6.07, 6.45) is 3.95. The average Bonchev–Trinajstić information content (AvgIpc) is 3.09. The van der Waals surface area contributed by atoms with Gasteiger partial charge in [-0.15, -0.1) is 5.10 Å². The predicted molar refractivity (Wildman–Crippen MR) is 82.3 cm³/mol. The Balaban J connectivity index is 1.68. The van der Waals surface area contributed by atoms with Gasteiger partial charge in [-0.1, -0.05) is 12.1 Å². The van der Waals surface area contributed by atoms with Crippen LogP contribution in [0.4, 0.5) is 0 Å². The summed E-state index contributed by atoms with van der Waals surface area (Å²) in [5.41, 5.74) is 3.45. The van der Waals surface area contributed by atoms with Crippen LogP contribution in [0.15, 0.2) is 36.7 Å². The first-order valence-electron chi connectivity index (χ1n) is 7.12. The van der Waals surface area contributed by atoms with Crippen molar-refractivity contribution in [3.63, 3.8) is 0 Å². The zero-order chi connectivity index (χ0) is 15.5. The molecular weight excluding hydrogens is 278 g/mol. The third kappa shape index (κ3) is 3.20. The first-order chi connectivity index (χ1) is 10.6. The van der Waals surface area contributed by atoms with E-state index < -0.39 is 0 Å². The fourth-order valence-corrected chi connectivity index (χ4v) is 2.34. The van der Waals surface area contributed by atoms with Gasteiger partial charge in [0.25, 0.3) is 0 Å². The molecule has 2 heterocycles. The molecule has 0 aliphatic heterocycles. The second-order valence-corrected chi connectivity index (χ2v) is 5.52. The SMILES string of the molecule is Cc1cccc(-n2cc(CN(C)Cc3nnnn3C)cn2)c1. The topological polar surface area (TPSA) is 64.7 Å². The monoisotopic (exact) mass is 297 g/mol. The summed E-state index contributed by atoms with van der Waals surface area (Å²) in [5, 5.41) is 15.9. The molecule has 0 aliphatic rings. The molecule has 22 heavy (non-hydrogen) atoms. The van der Waals surface area contributed by atoms with E-state index in [0.717, 1.165) is 23.6 Å². The highest BCUT2D eigenvalue weighted by molar-refractivity contribution is 5.35. The van der Waals surface area contributed by atoms with Gasteiger partial charge in [-0.05, 0) is 42.1 Å². The van der Waals surface area contributed by atoms with Crippen LogP contribution >= 0.6 is 0 Å².